The summed E-state index contributed by atoms with van der Waals surface area (Å²) >= 11 is 0. The Morgan fingerprint density at radius 2 is 1.88 bits per heavy atom. The standard InChI is InChI=1S/C13H17N7O5/c1-4-17-8(2)10(6-15-17)5-14-11(21)7-18-9(3)12(19(22)23)13(16-18)20(24)25/h6H,4-5,7H2,1-3H3,(H,14,21). The molecule has 0 aliphatic rings. The van der Waals surface area contributed by atoms with Gasteiger partial charge in [0.1, 0.15) is 12.2 Å². The molecule has 0 saturated carbocycles. The number of amides is 1. The third-order valence-corrected chi connectivity index (χ3v) is 3.79. The quantitative estimate of drug-likeness (QED) is 0.573. The number of hydrogen-bond acceptors (Lipinski definition) is 7. The van der Waals surface area contributed by atoms with Crippen molar-refractivity contribution < 1.29 is 14.6 Å². The topological polar surface area (TPSA) is 151 Å². The van der Waals surface area contributed by atoms with Crippen molar-refractivity contribution in [3.05, 3.63) is 43.4 Å². The minimum atomic E-state index is -0.942. The van der Waals surface area contributed by atoms with Crippen molar-refractivity contribution in [1.29, 1.82) is 0 Å². The van der Waals surface area contributed by atoms with Gasteiger partial charge in [0.25, 0.3) is 0 Å². The summed E-state index contributed by atoms with van der Waals surface area (Å²) in [5.41, 5.74) is 0.994. The van der Waals surface area contributed by atoms with Crippen LogP contribution >= 0.6 is 0 Å². The maximum Gasteiger partial charge on any atom is 0.468 e. The van der Waals surface area contributed by atoms with E-state index in [2.05, 4.69) is 15.5 Å². The summed E-state index contributed by atoms with van der Waals surface area (Å²) in [5, 5.41) is 32.2. The van der Waals surface area contributed by atoms with Gasteiger partial charge >= 0.3 is 11.5 Å². The molecule has 0 fully saturated rings. The molecule has 0 aliphatic carbocycles. The van der Waals surface area contributed by atoms with Crippen molar-refractivity contribution in [1.82, 2.24) is 24.9 Å². The number of nitrogens with one attached hydrogen (secondary N) is 1. The Morgan fingerprint density at radius 1 is 1.20 bits per heavy atom. The fraction of sp³-hybridized carbons (Fsp3) is 0.462. The summed E-state index contributed by atoms with van der Waals surface area (Å²) < 4.78 is 2.74. The molecule has 0 bridgehead atoms. The molecule has 0 unspecified atom stereocenters. The number of nitrogens with zero attached hydrogens (tertiary/aromatic N) is 6. The normalized spacial score (nSPS) is 10.7. The third-order valence-electron chi connectivity index (χ3n) is 3.79. The van der Waals surface area contributed by atoms with Crippen LogP contribution in [0.2, 0.25) is 0 Å². The van der Waals surface area contributed by atoms with Gasteiger partial charge in [0.15, 0.2) is 0 Å². The molecule has 0 aliphatic heterocycles. The SMILES string of the molecule is CCn1ncc(CNC(=O)Cn2nc([N+](=O)[O-])c([N+](=O)[O-])c2C)c1C. The Kier molecular flexibility index (Phi) is 5.10. The molecule has 2 heterocycles. The lowest BCUT2D eigenvalue weighted by Crippen LogP contribution is -2.28. The Hall–Kier alpha value is -3.31. The van der Waals surface area contributed by atoms with Gasteiger partial charge in [-0.05, 0) is 25.7 Å². The van der Waals surface area contributed by atoms with E-state index in [4.69, 9.17) is 0 Å². The van der Waals surface area contributed by atoms with Crippen LogP contribution in [0.1, 0.15) is 23.9 Å². The predicted octanol–water partition coefficient (Wildman–Crippen LogP) is 0.849. The summed E-state index contributed by atoms with van der Waals surface area (Å²) in [5.74, 6) is -1.35. The predicted molar refractivity (Wildman–Crippen MR) is 84.8 cm³/mol. The Bertz CT molecular complexity index is 838. The first-order valence-corrected chi connectivity index (χ1v) is 7.40. The fourth-order valence-corrected chi connectivity index (χ4v) is 2.37. The zero-order chi connectivity index (χ0) is 18.7. The lowest BCUT2D eigenvalue weighted by molar-refractivity contribution is -0.424. The molecule has 0 spiro atoms. The summed E-state index contributed by atoms with van der Waals surface area (Å²) in [6, 6.07) is 0. The third kappa shape index (κ3) is 3.62. The molecule has 12 heteroatoms. The second-order valence-electron chi connectivity index (χ2n) is 5.28. The van der Waals surface area contributed by atoms with Crippen molar-refractivity contribution in [3.8, 4) is 0 Å². The van der Waals surface area contributed by atoms with Crippen LogP contribution in [0.15, 0.2) is 6.20 Å². The maximum atomic E-state index is 12.0. The molecule has 0 radical (unpaired) electrons. The molecule has 1 N–H and O–H groups in total. The second kappa shape index (κ2) is 7.07. The van der Waals surface area contributed by atoms with Crippen LogP contribution in [0.4, 0.5) is 11.5 Å². The first kappa shape index (κ1) is 18.0. The number of carbonyl (C=O) groups is 1. The second-order valence-corrected chi connectivity index (χ2v) is 5.28. The summed E-state index contributed by atoms with van der Waals surface area (Å²) in [7, 11) is 0. The van der Waals surface area contributed by atoms with Crippen LogP contribution in [0.5, 0.6) is 0 Å². The van der Waals surface area contributed by atoms with Gasteiger partial charge in [-0.3, -0.25) is 19.6 Å². The van der Waals surface area contributed by atoms with Gasteiger partial charge in [-0.25, -0.2) is 0 Å². The highest BCUT2D eigenvalue weighted by atomic mass is 16.6. The Morgan fingerprint density at radius 3 is 2.36 bits per heavy atom. The number of nitro groups is 2. The number of aromatic nitrogens is 4. The number of carbonyl (C=O) groups excluding carboxylic acids is 1. The van der Waals surface area contributed by atoms with E-state index in [-0.39, 0.29) is 18.8 Å². The maximum absolute atomic E-state index is 12.0. The van der Waals surface area contributed by atoms with E-state index < -0.39 is 27.3 Å². The monoisotopic (exact) mass is 351 g/mol. The van der Waals surface area contributed by atoms with E-state index in [1.54, 1.807) is 10.9 Å². The van der Waals surface area contributed by atoms with Crippen LogP contribution in [0.3, 0.4) is 0 Å². The lowest BCUT2D eigenvalue weighted by atomic mass is 10.2. The molecular weight excluding hydrogens is 334 g/mol. The molecule has 134 valence electrons. The van der Waals surface area contributed by atoms with Gasteiger partial charge < -0.3 is 15.4 Å². The van der Waals surface area contributed by atoms with E-state index in [9.17, 15) is 25.0 Å². The summed E-state index contributed by atoms with van der Waals surface area (Å²) in [6.45, 7) is 5.71. The highest BCUT2D eigenvalue weighted by Crippen LogP contribution is 2.28. The van der Waals surface area contributed by atoms with Crippen LogP contribution in [0.25, 0.3) is 0 Å². The highest BCUT2D eigenvalue weighted by molar-refractivity contribution is 5.76. The van der Waals surface area contributed by atoms with Crippen molar-refractivity contribution >= 4 is 17.4 Å². The number of rotatable bonds is 7. The molecule has 0 saturated heterocycles. The van der Waals surface area contributed by atoms with Crippen LogP contribution in [-0.4, -0.2) is 35.3 Å². The van der Waals surface area contributed by atoms with E-state index in [0.717, 1.165) is 15.9 Å². The van der Waals surface area contributed by atoms with E-state index in [1.165, 1.54) is 6.92 Å². The molecule has 2 aromatic rings. The summed E-state index contributed by atoms with van der Waals surface area (Å²) in [4.78, 5) is 32.1. The van der Waals surface area contributed by atoms with Crippen molar-refractivity contribution in [2.24, 2.45) is 0 Å². The van der Waals surface area contributed by atoms with Gasteiger partial charge in [-0.15, -0.1) is 0 Å². The van der Waals surface area contributed by atoms with E-state index in [1.807, 2.05) is 13.8 Å². The smallest absolute Gasteiger partial charge is 0.358 e. The van der Waals surface area contributed by atoms with E-state index in [0.29, 0.717) is 6.54 Å². The molecule has 0 atom stereocenters. The van der Waals surface area contributed by atoms with Gasteiger partial charge in [-0.2, -0.15) is 9.78 Å². The van der Waals surface area contributed by atoms with Crippen molar-refractivity contribution in [2.75, 3.05) is 0 Å². The highest BCUT2D eigenvalue weighted by Gasteiger charge is 2.35. The van der Waals surface area contributed by atoms with Gasteiger partial charge in [0.05, 0.1) is 16.2 Å². The minimum absolute atomic E-state index is 0.0539. The van der Waals surface area contributed by atoms with E-state index >= 15 is 0 Å². The lowest BCUT2D eigenvalue weighted by Gasteiger charge is -2.05. The fourth-order valence-electron chi connectivity index (χ4n) is 2.37. The minimum Gasteiger partial charge on any atom is -0.358 e. The largest absolute Gasteiger partial charge is 0.468 e. The van der Waals surface area contributed by atoms with Gasteiger partial charge in [0.2, 0.25) is 5.91 Å². The van der Waals surface area contributed by atoms with Crippen molar-refractivity contribution in [2.45, 2.75) is 40.4 Å². The van der Waals surface area contributed by atoms with Gasteiger partial charge in [-0.1, -0.05) is 0 Å². The summed E-state index contributed by atoms with van der Waals surface area (Å²) in [6.07, 6.45) is 1.65. The van der Waals surface area contributed by atoms with Crippen LogP contribution in [0, 0.1) is 34.1 Å². The molecule has 12 nitrogen and oxygen atoms in total. The molecule has 2 aromatic heterocycles. The Balaban J connectivity index is 2.10. The first-order valence-electron chi connectivity index (χ1n) is 7.40. The van der Waals surface area contributed by atoms with Gasteiger partial charge in [0, 0.05) is 24.3 Å². The molecule has 25 heavy (non-hydrogen) atoms. The average Bonchev–Trinajstić information content (AvgIpc) is 3.06. The number of aryl methyl sites for hydroxylation is 1. The Labute approximate surface area is 141 Å². The molecular formula is C13H17N7O5. The van der Waals surface area contributed by atoms with Crippen LogP contribution < -0.4 is 5.32 Å². The zero-order valence-corrected chi connectivity index (χ0v) is 13.9. The first-order chi connectivity index (χ1) is 11.8. The zero-order valence-electron chi connectivity index (χ0n) is 13.9. The molecule has 2 rings (SSSR count). The average molecular weight is 351 g/mol. The number of hydrogen-bond donors (Lipinski definition) is 1. The molecule has 1 amide bonds. The van der Waals surface area contributed by atoms with Crippen LogP contribution in [-0.2, 0) is 24.4 Å². The molecule has 0 aromatic carbocycles. The van der Waals surface area contributed by atoms with Crippen molar-refractivity contribution in [3.63, 3.8) is 0 Å².